The highest BCUT2D eigenvalue weighted by molar-refractivity contribution is 9.10. The zero-order valence-electron chi connectivity index (χ0n) is 9.01. The third kappa shape index (κ3) is 2.95. The van der Waals surface area contributed by atoms with Crippen molar-refractivity contribution in [2.45, 2.75) is 0 Å². The number of pyridine rings is 1. The van der Waals surface area contributed by atoms with Crippen molar-refractivity contribution in [2.24, 2.45) is 0 Å². The van der Waals surface area contributed by atoms with E-state index in [1.54, 1.807) is 18.3 Å². The van der Waals surface area contributed by atoms with Gasteiger partial charge in [-0.2, -0.15) is 0 Å². The Kier molecular flexibility index (Phi) is 3.73. The third-order valence-corrected chi connectivity index (χ3v) is 2.44. The van der Waals surface area contributed by atoms with Crippen LogP contribution in [0, 0.1) is 0 Å². The molecule has 0 unspecified atom stereocenters. The zero-order valence-corrected chi connectivity index (χ0v) is 10.6. The summed E-state index contributed by atoms with van der Waals surface area (Å²) in [7, 11) is 0. The van der Waals surface area contributed by atoms with Crippen molar-refractivity contribution in [2.75, 3.05) is 0 Å². The molecule has 6 nitrogen and oxygen atoms in total. The van der Waals surface area contributed by atoms with Gasteiger partial charge in [0.25, 0.3) is 5.91 Å². The van der Waals surface area contributed by atoms with Crippen LogP contribution in [0.15, 0.2) is 45.7 Å². The second-order valence-corrected chi connectivity index (χ2v) is 4.19. The van der Waals surface area contributed by atoms with Gasteiger partial charge in [-0.05, 0) is 34.1 Å². The standard InChI is InChI=1S/C11H8BrN3O3/c12-8-4-7(5-13-6-8)10(16)14-15-11(17)9-2-1-3-18-9/h1-6H,(H,14,16)(H,15,17). The normalized spacial score (nSPS) is 9.83. The summed E-state index contributed by atoms with van der Waals surface area (Å²) >= 11 is 3.20. The molecule has 0 saturated heterocycles. The fourth-order valence-corrected chi connectivity index (χ4v) is 1.56. The average molecular weight is 310 g/mol. The maximum Gasteiger partial charge on any atom is 0.305 e. The van der Waals surface area contributed by atoms with E-state index in [4.69, 9.17) is 4.42 Å². The lowest BCUT2D eigenvalue weighted by molar-refractivity contribution is 0.0830. The van der Waals surface area contributed by atoms with Gasteiger partial charge in [0.2, 0.25) is 0 Å². The molecule has 0 atom stereocenters. The smallest absolute Gasteiger partial charge is 0.305 e. The van der Waals surface area contributed by atoms with Crippen LogP contribution >= 0.6 is 15.9 Å². The van der Waals surface area contributed by atoms with Gasteiger partial charge in [-0.3, -0.25) is 25.4 Å². The van der Waals surface area contributed by atoms with Crippen LogP contribution < -0.4 is 10.9 Å². The number of rotatable bonds is 2. The molecule has 2 heterocycles. The fourth-order valence-electron chi connectivity index (χ4n) is 1.19. The highest BCUT2D eigenvalue weighted by atomic mass is 79.9. The average Bonchev–Trinajstić information content (AvgIpc) is 2.89. The molecule has 0 aliphatic rings. The molecule has 2 N–H and O–H groups in total. The van der Waals surface area contributed by atoms with Gasteiger partial charge < -0.3 is 4.42 Å². The summed E-state index contributed by atoms with van der Waals surface area (Å²) in [4.78, 5) is 27.0. The molecule has 0 spiro atoms. The highest BCUT2D eigenvalue weighted by Crippen LogP contribution is 2.09. The molecule has 7 heteroatoms. The molecule has 0 radical (unpaired) electrons. The second kappa shape index (κ2) is 5.46. The maximum atomic E-state index is 11.7. The van der Waals surface area contributed by atoms with Crippen molar-refractivity contribution in [3.05, 3.63) is 52.7 Å². The molecular weight excluding hydrogens is 302 g/mol. The molecule has 18 heavy (non-hydrogen) atoms. The number of amides is 2. The topological polar surface area (TPSA) is 84.2 Å². The predicted octanol–water partition coefficient (Wildman–Crippen LogP) is 1.51. The van der Waals surface area contributed by atoms with Gasteiger partial charge in [0.05, 0.1) is 11.8 Å². The van der Waals surface area contributed by atoms with Gasteiger partial charge >= 0.3 is 5.91 Å². The van der Waals surface area contributed by atoms with Gasteiger partial charge in [0, 0.05) is 16.9 Å². The SMILES string of the molecule is O=C(NNC(=O)c1ccco1)c1cncc(Br)c1. The van der Waals surface area contributed by atoms with Gasteiger partial charge in [-0.25, -0.2) is 0 Å². The Balaban J connectivity index is 1.95. The Labute approximate surface area is 110 Å². The van der Waals surface area contributed by atoms with E-state index in [0.29, 0.717) is 10.0 Å². The van der Waals surface area contributed by atoms with Crippen molar-refractivity contribution < 1.29 is 14.0 Å². The number of hydrazine groups is 1. The highest BCUT2D eigenvalue weighted by Gasteiger charge is 2.11. The van der Waals surface area contributed by atoms with Crippen LogP contribution in [0.25, 0.3) is 0 Å². The Bertz CT molecular complexity index is 569. The van der Waals surface area contributed by atoms with Crippen LogP contribution in [-0.2, 0) is 0 Å². The number of nitrogens with one attached hydrogen (secondary N) is 2. The zero-order chi connectivity index (χ0) is 13.0. The van der Waals surface area contributed by atoms with Crippen LogP contribution in [-0.4, -0.2) is 16.8 Å². The summed E-state index contributed by atoms with van der Waals surface area (Å²) in [5.41, 5.74) is 4.81. The first-order valence-electron chi connectivity index (χ1n) is 4.91. The first kappa shape index (κ1) is 12.3. The molecule has 0 aromatic carbocycles. The van der Waals surface area contributed by atoms with E-state index in [0.717, 1.165) is 0 Å². The third-order valence-electron chi connectivity index (χ3n) is 2.00. The second-order valence-electron chi connectivity index (χ2n) is 3.28. The van der Waals surface area contributed by atoms with Crippen molar-refractivity contribution >= 4 is 27.7 Å². The monoisotopic (exact) mass is 309 g/mol. The Hall–Kier alpha value is -2.15. The number of carbonyl (C=O) groups excluding carboxylic acids is 2. The lowest BCUT2D eigenvalue weighted by atomic mass is 10.3. The summed E-state index contributed by atoms with van der Waals surface area (Å²) in [5, 5.41) is 0. The Morgan fingerprint density at radius 3 is 2.67 bits per heavy atom. The first-order valence-corrected chi connectivity index (χ1v) is 5.71. The van der Waals surface area contributed by atoms with Gasteiger partial charge in [-0.15, -0.1) is 0 Å². The van der Waals surface area contributed by atoms with E-state index in [1.165, 1.54) is 18.5 Å². The molecule has 0 saturated carbocycles. The van der Waals surface area contributed by atoms with E-state index in [1.807, 2.05) is 0 Å². The fraction of sp³-hybridized carbons (Fsp3) is 0. The van der Waals surface area contributed by atoms with Crippen molar-refractivity contribution in [1.29, 1.82) is 0 Å². The summed E-state index contributed by atoms with van der Waals surface area (Å²) in [6.07, 6.45) is 4.31. The van der Waals surface area contributed by atoms with Gasteiger partial charge in [0.1, 0.15) is 0 Å². The van der Waals surface area contributed by atoms with Crippen LogP contribution in [0.2, 0.25) is 0 Å². The number of furan rings is 1. The largest absolute Gasteiger partial charge is 0.459 e. The molecule has 2 aromatic heterocycles. The van der Waals surface area contributed by atoms with Crippen molar-refractivity contribution in [3.63, 3.8) is 0 Å². The van der Waals surface area contributed by atoms with Crippen LogP contribution in [0.5, 0.6) is 0 Å². The van der Waals surface area contributed by atoms with Gasteiger partial charge in [-0.1, -0.05) is 0 Å². The molecule has 0 bridgehead atoms. The van der Waals surface area contributed by atoms with Crippen LogP contribution in [0.3, 0.4) is 0 Å². The number of carbonyl (C=O) groups is 2. The van der Waals surface area contributed by atoms with Crippen LogP contribution in [0.1, 0.15) is 20.9 Å². The Morgan fingerprint density at radius 1 is 1.22 bits per heavy atom. The Morgan fingerprint density at radius 2 is 2.00 bits per heavy atom. The molecule has 2 rings (SSSR count). The molecule has 0 fully saturated rings. The van der Waals surface area contributed by atoms with Crippen molar-refractivity contribution in [1.82, 2.24) is 15.8 Å². The van der Waals surface area contributed by atoms with E-state index in [-0.39, 0.29) is 5.76 Å². The summed E-state index contributed by atoms with van der Waals surface area (Å²) in [5.74, 6) is -0.886. The summed E-state index contributed by atoms with van der Waals surface area (Å²) in [6, 6.07) is 4.65. The molecule has 0 aliphatic carbocycles. The summed E-state index contributed by atoms with van der Waals surface area (Å²) < 4.78 is 5.54. The predicted molar refractivity (Wildman–Crippen MR) is 65.6 cm³/mol. The van der Waals surface area contributed by atoms with Gasteiger partial charge in [0.15, 0.2) is 5.76 Å². The number of halogens is 1. The molecule has 2 amide bonds. The number of hydrogen-bond donors (Lipinski definition) is 2. The number of aromatic nitrogens is 1. The lowest BCUT2D eigenvalue weighted by Crippen LogP contribution is -2.41. The van der Waals surface area contributed by atoms with Crippen molar-refractivity contribution in [3.8, 4) is 0 Å². The maximum absolute atomic E-state index is 11.7. The quantitative estimate of drug-likeness (QED) is 0.824. The number of hydrogen-bond acceptors (Lipinski definition) is 4. The first-order chi connectivity index (χ1) is 8.66. The minimum Gasteiger partial charge on any atom is -0.459 e. The molecule has 2 aromatic rings. The summed E-state index contributed by atoms with van der Waals surface area (Å²) in [6.45, 7) is 0. The molecule has 0 aliphatic heterocycles. The minimum absolute atomic E-state index is 0.114. The van der Waals surface area contributed by atoms with E-state index < -0.39 is 11.8 Å². The minimum atomic E-state index is -0.531. The van der Waals surface area contributed by atoms with Crippen LogP contribution in [0.4, 0.5) is 0 Å². The molecular formula is C11H8BrN3O3. The van der Waals surface area contributed by atoms with E-state index in [9.17, 15) is 9.59 Å². The van der Waals surface area contributed by atoms with E-state index >= 15 is 0 Å². The molecule has 92 valence electrons. The number of nitrogens with zero attached hydrogens (tertiary/aromatic N) is 1. The van der Waals surface area contributed by atoms with E-state index in [2.05, 4.69) is 31.8 Å². The lowest BCUT2D eigenvalue weighted by Gasteiger charge is -2.05.